The number of hydrogen-bond donors (Lipinski definition) is 1. The van der Waals surface area contributed by atoms with E-state index in [-0.39, 0.29) is 4.90 Å². The Bertz CT molecular complexity index is 1180. The van der Waals surface area contributed by atoms with Gasteiger partial charge in [-0.05, 0) is 79.2 Å². The molecule has 1 amide bonds. The summed E-state index contributed by atoms with van der Waals surface area (Å²) in [4.78, 5) is 12.8. The van der Waals surface area contributed by atoms with Crippen molar-refractivity contribution < 1.29 is 17.9 Å². The molecule has 31 heavy (non-hydrogen) atoms. The lowest BCUT2D eigenvalue weighted by Gasteiger charge is -2.24. The summed E-state index contributed by atoms with van der Waals surface area (Å²) in [5, 5.41) is 3.21. The molecule has 0 heterocycles. The third kappa shape index (κ3) is 5.58. The monoisotopic (exact) mass is 522 g/mol. The van der Waals surface area contributed by atoms with Crippen molar-refractivity contribution in [2.24, 2.45) is 0 Å². The minimum Gasteiger partial charge on any atom is -0.497 e. The first-order valence-corrected chi connectivity index (χ1v) is 11.8. The van der Waals surface area contributed by atoms with Gasteiger partial charge >= 0.3 is 0 Å². The Balaban J connectivity index is 1.92. The molecule has 0 unspecified atom stereocenters. The molecule has 0 bridgehead atoms. The van der Waals surface area contributed by atoms with Crippen molar-refractivity contribution in [1.29, 1.82) is 0 Å². The lowest BCUT2D eigenvalue weighted by molar-refractivity contribution is -0.114. The van der Waals surface area contributed by atoms with Gasteiger partial charge in [0.25, 0.3) is 10.0 Å². The first kappa shape index (κ1) is 23.1. The van der Waals surface area contributed by atoms with Crippen LogP contribution in [0.25, 0.3) is 0 Å². The van der Waals surface area contributed by atoms with Crippen molar-refractivity contribution in [3.8, 4) is 5.75 Å². The van der Waals surface area contributed by atoms with Crippen LogP contribution in [0.1, 0.15) is 5.56 Å². The van der Waals surface area contributed by atoms with Gasteiger partial charge in [0.1, 0.15) is 12.3 Å². The van der Waals surface area contributed by atoms with Crippen molar-refractivity contribution in [3.05, 3.63) is 81.8 Å². The number of halogens is 2. The summed E-state index contributed by atoms with van der Waals surface area (Å²) in [7, 11) is -2.53. The first-order chi connectivity index (χ1) is 14.7. The van der Waals surface area contributed by atoms with Crippen LogP contribution in [0.5, 0.6) is 5.75 Å². The van der Waals surface area contributed by atoms with Gasteiger partial charge in [-0.3, -0.25) is 9.10 Å². The SMILES string of the molecule is COc1ccc(S(=O)(=O)N(CC(=O)Nc2ccc(Br)c(C)c2)c2ccc(Cl)cc2)cc1. The molecule has 6 nitrogen and oxygen atoms in total. The van der Waals surface area contributed by atoms with Crippen LogP contribution < -0.4 is 14.4 Å². The van der Waals surface area contributed by atoms with Gasteiger partial charge in [0, 0.05) is 15.2 Å². The number of hydrogen-bond acceptors (Lipinski definition) is 4. The van der Waals surface area contributed by atoms with E-state index >= 15 is 0 Å². The second-order valence-corrected chi connectivity index (χ2v) is 9.83. The van der Waals surface area contributed by atoms with E-state index in [0.717, 1.165) is 14.3 Å². The summed E-state index contributed by atoms with van der Waals surface area (Å²) < 4.78 is 33.8. The lowest BCUT2D eigenvalue weighted by atomic mass is 10.2. The van der Waals surface area contributed by atoms with Crippen LogP contribution in [0.3, 0.4) is 0 Å². The molecule has 0 aliphatic heterocycles. The van der Waals surface area contributed by atoms with Crippen LogP contribution in [0.2, 0.25) is 5.02 Å². The fourth-order valence-electron chi connectivity index (χ4n) is 2.85. The number of sulfonamides is 1. The van der Waals surface area contributed by atoms with Gasteiger partial charge in [-0.1, -0.05) is 27.5 Å². The number of anilines is 2. The molecule has 0 atom stereocenters. The Hall–Kier alpha value is -2.55. The highest BCUT2D eigenvalue weighted by atomic mass is 79.9. The number of benzene rings is 3. The maximum Gasteiger partial charge on any atom is 0.264 e. The highest BCUT2D eigenvalue weighted by molar-refractivity contribution is 9.10. The van der Waals surface area contributed by atoms with Gasteiger partial charge in [0.05, 0.1) is 17.7 Å². The van der Waals surface area contributed by atoms with E-state index in [4.69, 9.17) is 16.3 Å². The number of carbonyl (C=O) groups excluding carboxylic acids is 1. The van der Waals surface area contributed by atoms with E-state index in [1.54, 1.807) is 48.5 Å². The van der Waals surface area contributed by atoms with Crippen LogP contribution in [0.15, 0.2) is 76.1 Å². The van der Waals surface area contributed by atoms with Crippen molar-refractivity contribution in [2.45, 2.75) is 11.8 Å². The largest absolute Gasteiger partial charge is 0.497 e. The van der Waals surface area contributed by atoms with E-state index in [9.17, 15) is 13.2 Å². The number of aryl methyl sites for hydroxylation is 1. The van der Waals surface area contributed by atoms with Gasteiger partial charge in [-0.2, -0.15) is 0 Å². The molecule has 0 spiro atoms. The smallest absolute Gasteiger partial charge is 0.264 e. The average Bonchev–Trinajstić information content (AvgIpc) is 2.75. The quantitative estimate of drug-likeness (QED) is 0.459. The summed E-state index contributed by atoms with van der Waals surface area (Å²) in [5.74, 6) is 0.0501. The summed E-state index contributed by atoms with van der Waals surface area (Å²) in [6, 6.07) is 17.6. The predicted molar refractivity (Wildman–Crippen MR) is 126 cm³/mol. The van der Waals surface area contributed by atoms with E-state index in [0.29, 0.717) is 22.1 Å². The summed E-state index contributed by atoms with van der Waals surface area (Å²) in [6.45, 7) is 1.49. The minimum atomic E-state index is -4.03. The van der Waals surface area contributed by atoms with Crippen LogP contribution in [-0.2, 0) is 14.8 Å². The molecule has 162 valence electrons. The van der Waals surface area contributed by atoms with E-state index in [1.807, 2.05) is 13.0 Å². The number of rotatable bonds is 7. The maximum absolute atomic E-state index is 13.4. The number of carbonyl (C=O) groups is 1. The zero-order chi connectivity index (χ0) is 22.6. The minimum absolute atomic E-state index is 0.0375. The molecular weight excluding hydrogens is 504 g/mol. The molecule has 9 heteroatoms. The number of amides is 1. The molecule has 0 aromatic heterocycles. The normalized spacial score (nSPS) is 11.1. The molecule has 1 N–H and O–H groups in total. The van der Waals surface area contributed by atoms with E-state index < -0.39 is 22.5 Å². The molecule has 3 rings (SSSR count). The third-order valence-electron chi connectivity index (χ3n) is 4.49. The van der Waals surface area contributed by atoms with Crippen LogP contribution >= 0.6 is 27.5 Å². The Morgan fingerprint density at radius 2 is 1.71 bits per heavy atom. The predicted octanol–water partition coefficient (Wildman–Crippen LogP) is 5.25. The summed E-state index contributed by atoms with van der Waals surface area (Å²) in [5.41, 5.74) is 1.84. The van der Waals surface area contributed by atoms with Gasteiger partial charge < -0.3 is 10.1 Å². The number of methoxy groups -OCH3 is 1. The van der Waals surface area contributed by atoms with Crippen LogP contribution in [0.4, 0.5) is 11.4 Å². The fraction of sp³-hybridized carbons (Fsp3) is 0.136. The molecule has 3 aromatic carbocycles. The van der Waals surface area contributed by atoms with Gasteiger partial charge in [-0.25, -0.2) is 8.42 Å². The summed E-state index contributed by atoms with van der Waals surface area (Å²) in [6.07, 6.45) is 0. The van der Waals surface area contributed by atoms with Crippen LogP contribution in [-0.4, -0.2) is 28.0 Å². The fourth-order valence-corrected chi connectivity index (χ4v) is 4.64. The molecule has 0 aliphatic rings. The van der Waals surface area contributed by atoms with Gasteiger partial charge in [0.15, 0.2) is 0 Å². The van der Waals surface area contributed by atoms with Crippen molar-refractivity contribution >= 4 is 54.8 Å². The highest BCUT2D eigenvalue weighted by Crippen LogP contribution is 2.27. The molecule has 0 radical (unpaired) electrons. The number of nitrogens with one attached hydrogen (secondary N) is 1. The average molecular weight is 524 g/mol. The third-order valence-corrected chi connectivity index (χ3v) is 7.42. The molecule has 0 fully saturated rings. The van der Waals surface area contributed by atoms with Crippen molar-refractivity contribution in [2.75, 3.05) is 23.3 Å². The molecular formula is C22H20BrClN2O4S. The Morgan fingerprint density at radius 1 is 1.06 bits per heavy atom. The molecule has 0 saturated carbocycles. The zero-order valence-corrected chi connectivity index (χ0v) is 20.0. The molecule has 3 aromatic rings. The number of nitrogens with zero attached hydrogens (tertiary/aromatic N) is 1. The Labute approximate surface area is 195 Å². The van der Waals surface area contributed by atoms with E-state index in [1.165, 1.54) is 19.2 Å². The topological polar surface area (TPSA) is 75.7 Å². The highest BCUT2D eigenvalue weighted by Gasteiger charge is 2.27. The number of ether oxygens (including phenoxy) is 1. The zero-order valence-electron chi connectivity index (χ0n) is 16.8. The van der Waals surface area contributed by atoms with Crippen molar-refractivity contribution in [3.63, 3.8) is 0 Å². The van der Waals surface area contributed by atoms with Crippen molar-refractivity contribution in [1.82, 2.24) is 0 Å². The Kier molecular flexibility index (Phi) is 7.25. The molecule has 0 saturated heterocycles. The van der Waals surface area contributed by atoms with Gasteiger partial charge in [0.2, 0.25) is 5.91 Å². The summed E-state index contributed by atoms with van der Waals surface area (Å²) >= 11 is 9.37. The second kappa shape index (κ2) is 9.72. The van der Waals surface area contributed by atoms with E-state index in [2.05, 4.69) is 21.2 Å². The van der Waals surface area contributed by atoms with Gasteiger partial charge in [-0.15, -0.1) is 0 Å². The van der Waals surface area contributed by atoms with Crippen LogP contribution in [0, 0.1) is 6.92 Å². The standard InChI is InChI=1S/C22H20BrClN2O4S/c1-15-13-17(5-12-21(15)23)25-22(27)14-26(18-6-3-16(24)4-7-18)31(28,29)20-10-8-19(30-2)9-11-20/h3-13H,14H2,1-2H3,(H,25,27). The first-order valence-electron chi connectivity index (χ1n) is 9.19. The Morgan fingerprint density at radius 3 is 2.29 bits per heavy atom. The maximum atomic E-state index is 13.4. The second-order valence-electron chi connectivity index (χ2n) is 6.68. The molecule has 0 aliphatic carbocycles. The lowest BCUT2D eigenvalue weighted by Crippen LogP contribution is -2.38.